The molecule has 0 saturated carbocycles. The molecule has 1 saturated heterocycles. The highest BCUT2D eigenvalue weighted by Gasteiger charge is 2.20. The number of aromatic nitrogens is 1. The molecular weight excluding hydrogens is 164 g/mol. The van der Waals surface area contributed by atoms with Gasteiger partial charge in [-0.2, -0.15) is 0 Å². The van der Waals surface area contributed by atoms with E-state index < -0.39 is 0 Å². The van der Waals surface area contributed by atoms with Gasteiger partial charge in [0.15, 0.2) is 0 Å². The second-order valence-electron chi connectivity index (χ2n) is 3.60. The molecule has 0 bridgehead atoms. The van der Waals surface area contributed by atoms with Crippen LogP contribution in [0.15, 0.2) is 24.5 Å². The van der Waals surface area contributed by atoms with Crippen molar-refractivity contribution in [2.24, 2.45) is 0 Å². The number of nitrogens with zero attached hydrogens (tertiary/aromatic N) is 1. The third-order valence-electron chi connectivity index (χ3n) is 2.43. The SMILES string of the molecule is CC1CCC(CNn2cccc2)O1. The number of hydrogen-bond acceptors (Lipinski definition) is 2. The first-order valence-electron chi connectivity index (χ1n) is 4.87. The summed E-state index contributed by atoms with van der Waals surface area (Å²) in [5.41, 5.74) is 3.28. The molecule has 0 spiro atoms. The van der Waals surface area contributed by atoms with Crippen molar-refractivity contribution in [3.63, 3.8) is 0 Å². The lowest BCUT2D eigenvalue weighted by atomic mass is 10.2. The third-order valence-corrected chi connectivity index (χ3v) is 2.43. The molecule has 0 amide bonds. The maximum atomic E-state index is 5.68. The quantitative estimate of drug-likeness (QED) is 0.764. The summed E-state index contributed by atoms with van der Waals surface area (Å²) in [6.07, 6.45) is 7.19. The zero-order valence-electron chi connectivity index (χ0n) is 7.94. The molecular formula is C10H16N2O. The van der Waals surface area contributed by atoms with Crippen LogP contribution in [-0.4, -0.2) is 23.4 Å². The highest BCUT2D eigenvalue weighted by atomic mass is 16.5. The van der Waals surface area contributed by atoms with Crippen LogP contribution < -0.4 is 5.43 Å². The lowest BCUT2D eigenvalue weighted by molar-refractivity contribution is 0.0622. The van der Waals surface area contributed by atoms with E-state index in [1.165, 1.54) is 12.8 Å². The van der Waals surface area contributed by atoms with Crippen LogP contribution in [0, 0.1) is 0 Å². The first-order chi connectivity index (χ1) is 6.34. The van der Waals surface area contributed by atoms with Crippen molar-refractivity contribution in [1.29, 1.82) is 0 Å². The van der Waals surface area contributed by atoms with E-state index in [0.29, 0.717) is 12.2 Å². The Morgan fingerprint density at radius 1 is 1.38 bits per heavy atom. The Labute approximate surface area is 78.7 Å². The van der Waals surface area contributed by atoms with Gasteiger partial charge in [-0.25, -0.2) is 0 Å². The van der Waals surface area contributed by atoms with Gasteiger partial charge in [0.05, 0.1) is 18.8 Å². The average Bonchev–Trinajstić information content (AvgIpc) is 2.71. The average molecular weight is 180 g/mol. The molecule has 1 aromatic rings. The van der Waals surface area contributed by atoms with Crippen LogP contribution in [-0.2, 0) is 4.74 Å². The largest absolute Gasteiger partial charge is 0.373 e. The van der Waals surface area contributed by atoms with Gasteiger partial charge in [-0.05, 0) is 31.9 Å². The molecule has 72 valence electrons. The third kappa shape index (κ3) is 2.25. The van der Waals surface area contributed by atoms with E-state index in [1.807, 2.05) is 29.2 Å². The molecule has 1 fully saturated rings. The van der Waals surface area contributed by atoms with E-state index in [1.54, 1.807) is 0 Å². The van der Waals surface area contributed by atoms with E-state index >= 15 is 0 Å². The van der Waals surface area contributed by atoms with E-state index in [2.05, 4.69) is 12.3 Å². The van der Waals surface area contributed by atoms with Crippen molar-refractivity contribution in [2.75, 3.05) is 12.0 Å². The van der Waals surface area contributed by atoms with Gasteiger partial charge >= 0.3 is 0 Å². The summed E-state index contributed by atoms with van der Waals surface area (Å²) in [7, 11) is 0. The molecule has 0 aromatic carbocycles. The predicted octanol–water partition coefficient (Wildman–Crippen LogP) is 1.60. The monoisotopic (exact) mass is 180 g/mol. The van der Waals surface area contributed by atoms with Crippen LogP contribution in [0.25, 0.3) is 0 Å². The summed E-state index contributed by atoms with van der Waals surface area (Å²) in [6.45, 7) is 3.04. The van der Waals surface area contributed by atoms with Crippen molar-refractivity contribution < 1.29 is 4.74 Å². The Hall–Kier alpha value is -0.960. The van der Waals surface area contributed by atoms with Crippen molar-refractivity contribution in [1.82, 2.24) is 4.68 Å². The summed E-state index contributed by atoms with van der Waals surface area (Å²) < 4.78 is 7.65. The Morgan fingerprint density at radius 2 is 2.15 bits per heavy atom. The molecule has 1 aromatic heterocycles. The number of ether oxygens (including phenoxy) is 1. The van der Waals surface area contributed by atoms with Gasteiger partial charge in [-0.15, -0.1) is 0 Å². The molecule has 3 nitrogen and oxygen atoms in total. The summed E-state index contributed by atoms with van der Waals surface area (Å²) in [6, 6.07) is 4.01. The molecule has 1 aliphatic heterocycles. The second-order valence-corrected chi connectivity index (χ2v) is 3.60. The summed E-state index contributed by atoms with van der Waals surface area (Å²) in [5.74, 6) is 0. The highest BCUT2D eigenvalue weighted by Crippen LogP contribution is 2.18. The fourth-order valence-electron chi connectivity index (χ4n) is 1.68. The molecule has 1 N–H and O–H groups in total. The van der Waals surface area contributed by atoms with Gasteiger partial charge < -0.3 is 10.2 Å². The Kier molecular flexibility index (Phi) is 2.54. The van der Waals surface area contributed by atoms with Gasteiger partial charge in [-0.3, -0.25) is 4.68 Å². The van der Waals surface area contributed by atoms with Gasteiger partial charge in [0.25, 0.3) is 0 Å². The topological polar surface area (TPSA) is 26.2 Å². The molecule has 2 heterocycles. The lowest BCUT2D eigenvalue weighted by Crippen LogP contribution is -2.25. The van der Waals surface area contributed by atoms with Gasteiger partial charge in [0.1, 0.15) is 0 Å². The van der Waals surface area contributed by atoms with E-state index in [4.69, 9.17) is 4.74 Å². The fourth-order valence-corrected chi connectivity index (χ4v) is 1.68. The molecule has 2 unspecified atom stereocenters. The normalized spacial score (nSPS) is 27.8. The Bertz CT molecular complexity index is 245. The maximum absolute atomic E-state index is 5.68. The highest BCUT2D eigenvalue weighted by molar-refractivity contribution is 4.94. The smallest absolute Gasteiger partial charge is 0.0768 e. The van der Waals surface area contributed by atoms with Crippen LogP contribution in [0.2, 0.25) is 0 Å². The molecule has 2 rings (SSSR count). The van der Waals surface area contributed by atoms with Crippen LogP contribution in [0.5, 0.6) is 0 Å². The van der Waals surface area contributed by atoms with Gasteiger partial charge in [0.2, 0.25) is 0 Å². The fraction of sp³-hybridized carbons (Fsp3) is 0.600. The number of rotatable bonds is 3. The van der Waals surface area contributed by atoms with E-state index in [9.17, 15) is 0 Å². The minimum atomic E-state index is 0.386. The van der Waals surface area contributed by atoms with Crippen molar-refractivity contribution >= 4 is 0 Å². The zero-order valence-corrected chi connectivity index (χ0v) is 7.94. The van der Waals surface area contributed by atoms with Crippen LogP contribution in [0.1, 0.15) is 19.8 Å². The second kappa shape index (κ2) is 3.83. The van der Waals surface area contributed by atoms with Crippen LogP contribution in [0.4, 0.5) is 0 Å². The molecule has 2 atom stereocenters. The minimum absolute atomic E-state index is 0.386. The lowest BCUT2D eigenvalue weighted by Gasteiger charge is -2.13. The van der Waals surface area contributed by atoms with Gasteiger partial charge in [0, 0.05) is 12.4 Å². The summed E-state index contributed by atoms with van der Waals surface area (Å²) in [5, 5.41) is 0. The van der Waals surface area contributed by atoms with Crippen LogP contribution in [0.3, 0.4) is 0 Å². The zero-order chi connectivity index (χ0) is 9.10. The van der Waals surface area contributed by atoms with E-state index in [-0.39, 0.29) is 0 Å². The number of hydrogen-bond donors (Lipinski definition) is 1. The van der Waals surface area contributed by atoms with Crippen molar-refractivity contribution in [2.45, 2.75) is 32.0 Å². The molecule has 0 radical (unpaired) electrons. The number of nitrogens with one attached hydrogen (secondary N) is 1. The summed E-state index contributed by atoms with van der Waals surface area (Å²) in [4.78, 5) is 0. The molecule has 3 heteroatoms. The Morgan fingerprint density at radius 3 is 2.77 bits per heavy atom. The van der Waals surface area contributed by atoms with Gasteiger partial charge in [-0.1, -0.05) is 0 Å². The maximum Gasteiger partial charge on any atom is 0.0768 e. The summed E-state index contributed by atoms with van der Waals surface area (Å²) >= 11 is 0. The first-order valence-corrected chi connectivity index (χ1v) is 4.87. The standard InChI is InChI=1S/C10H16N2O/c1-9-4-5-10(13-9)8-11-12-6-2-3-7-12/h2-3,6-7,9-11H,4-5,8H2,1H3. The van der Waals surface area contributed by atoms with Crippen molar-refractivity contribution in [3.05, 3.63) is 24.5 Å². The first kappa shape index (κ1) is 8.63. The van der Waals surface area contributed by atoms with E-state index in [0.717, 1.165) is 6.54 Å². The molecule has 1 aliphatic rings. The molecule has 0 aliphatic carbocycles. The predicted molar refractivity (Wildman–Crippen MR) is 52.2 cm³/mol. The Balaban J connectivity index is 1.74. The molecule has 13 heavy (non-hydrogen) atoms. The van der Waals surface area contributed by atoms with Crippen molar-refractivity contribution in [3.8, 4) is 0 Å². The van der Waals surface area contributed by atoms with Crippen LogP contribution >= 0.6 is 0 Å². The minimum Gasteiger partial charge on any atom is -0.373 e.